The van der Waals surface area contributed by atoms with Gasteiger partial charge in [0.05, 0.1) is 5.92 Å². The third-order valence-corrected chi connectivity index (χ3v) is 2.88. The molecule has 3 unspecified atom stereocenters. The van der Waals surface area contributed by atoms with Crippen molar-refractivity contribution in [2.24, 2.45) is 17.6 Å². The van der Waals surface area contributed by atoms with Crippen molar-refractivity contribution in [3.63, 3.8) is 0 Å². The lowest BCUT2D eigenvalue weighted by atomic mass is 10.0. The van der Waals surface area contributed by atoms with E-state index in [2.05, 4.69) is 5.32 Å². The van der Waals surface area contributed by atoms with E-state index in [0.717, 1.165) is 0 Å². The number of nitrogens with one attached hydrogen (secondary N) is 1. The molecule has 0 radical (unpaired) electrons. The van der Waals surface area contributed by atoms with Crippen LogP contribution in [-0.2, 0) is 9.59 Å². The third kappa shape index (κ3) is 3.06. The highest BCUT2D eigenvalue weighted by Gasteiger charge is 2.26. The van der Waals surface area contributed by atoms with Crippen LogP contribution >= 0.6 is 0 Å². The standard InChI is InChI=1S/C11H18N2O3/c1-2-7(6-12)10(14)13-9-4-3-8(5-9)11(15)16/h3-4,7-9H,2,5-6,12H2,1H3,(H,13,14)(H,15,16). The molecule has 0 spiro atoms. The van der Waals surface area contributed by atoms with Crippen LogP contribution in [0, 0.1) is 11.8 Å². The summed E-state index contributed by atoms with van der Waals surface area (Å²) in [5.74, 6) is -1.61. The minimum absolute atomic E-state index is 0.0920. The molecule has 16 heavy (non-hydrogen) atoms. The summed E-state index contributed by atoms with van der Waals surface area (Å²) >= 11 is 0. The lowest BCUT2D eigenvalue weighted by Gasteiger charge is -2.16. The number of aliphatic carboxylic acids is 1. The van der Waals surface area contributed by atoms with Gasteiger partial charge in [-0.05, 0) is 12.8 Å². The van der Waals surface area contributed by atoms with Gasteiger partial charge in [-0.2, -0.15) is 0 Å². The van der Waals surface area contributed by atoms with Crippen molar-refractivity contribution in [3.05, 3.63) is 12.2 Å². The summed E-state index contributed by atoms with van der Waals surface area (Å²) < 4.78 is 0. The van der Waals surface area contributed by atoms with Gasteiger partial charge >= 0.3 is 5.97 Å². The zero-order valence-electron chi connectivity index (χ0n) is 9.35. The monoisotopic (exact) mass is 226 g/mol. The highest BCUT2D eigenvalue weighted by molar-refractivity contribution is 5.80. The smallest absolute Gasteiger partial charge is 0.310 e. The summed E-state index contributed by atoms with van der Waals surface area (Å²) in [6.07, 6.45) is 4.49. The molecule has 0 aromatic rings. The summed E-state index contributed by atoms with van der Waals surface area (Å²) in [6.45, 7) is 2.22. The minimum Gasteiger partial charge on any atom is -0.481 e. The Bertz CT molecular complexity index is 298. The average Bonchev–Trinajstić information content (AvgIpc) is 2.68. The Hall–Kier alpha value is -1.36. The first-order valence-electron chi connectivity index (χ1n) is 5.50. The van der Waals surface area contributed by atoms with Crippen molar-refractivity contribution in [1.82, 2.24) is 5.32 Å². The van der Waals surface area contributed by atoms with Crippen molar-refractivity contribution >= 4 is 11.9 Å². The molecule has 0 saturated carbocycles. The molecule has 90 valence electrons. The van der Waals surface area contributed by atoms with Gasteiger partial charge in [-0.1, -0.05) is 19.1 Å². The van der Waals surface area contributed by atoms with Crippen LogP contribution in [0.4, 0.5) is 0 Å². The molecule has 0 aromatic heterocycles. The lowest BCUT2D eigenvalue weighted by Crippen LogP contribution is -2.40. The van der Waals surface area contributed by atoms with Crippen LogP contribution in [0.1, 0.15) is 19.8 Å². The first-order valence-corrected chi connectivity index (χ1v) is 5.50. The third-order valence-electron chi connectivity index (χ3n) is 2.88. The largest absolute Gasteiger partial charge is 0.481 e. The van der Waals surface area contributed by atoms with E-state index in [4.69, 9.17) is 10.8 Å². The summed E-state index contributed by atoms with van der Waals surface area (Å²) in [7, 11) is 0. The van der Waals surface area contributed by atoms with Crippen LogP contribution < -0.4 is 11.1 Å². The molecule has 1 aliphatic rings. The Morgan fingerprint density at radius 2 is 2.25 bits per heavy atom. The van der Waals surface area contributed by atoms with E-state index in [1.165, 1.54) is 0 Å². The molecular weight excluding hydrogens is 208 g/mol. The summed E-state index contributed by atoms with van der Waals surface area (Å²) in [4.78, 5) is 22.4. The number of hydrogen-bond acceptors (Lipinski definition) is 3. The maximum Gasteiger partial charge on any atom is 0.310 e. The van der Waals surface area contributed by atoms with E-state index in [-0.39, 0.29) is 17.9 Å². The molecule has 0 aliphatic heterocycles. The topological polar surface area (TPSA) is 92.4 Å². The predicted octanol–water partition coefficient (Wildman–Crippen LogP) is 0.117. The summed E-state index contributed by atoms with van der Waals surface area (Å²) in [6, 6.07) is -0.172. The van der Waals surface area contributed by atoms with E-state index < -0.39 is 11.9 Å². The minimum atomic E-state index is -0.848. The number of carboxylic acid groups (broad SMARTS) is 1. The van der Waals surface area contributed by atoms with E-state index in [1.54, 1.807) is 12.2 Å². The number of carbonyl (C=O) groups excluding carboxylic acids is 1. The van der Waals surface area contributed by atoms with Crippen molar-refractivity contribution < 1.29 is 14.7 Å². The molecule has 0 fully saturated rings. The molecule has 0 heterocycles. The molecular formula is C11H18N2O3. The Morgan fingerprint density at radius 1 is 1.56 bits per heavy atom. The van der Waals surface area contributed by atoms with Crippen LogP contribution in [0.5, 0.6) is 0 Å². The van der Waals surface area contributed by atoms with Crippen LogP contribution in [-0.4, -0.2) is 29.6 Å². The molecule has 3 atom stereocenters. The molecule has 1 rings (SSSR count). The van der Waals surface area contributed by atoms with E-state index in [9.17, 15) is 9.59 Å². The molecule has 5 nitrogen and oxygen atoms in total. The highest BCUT2D eigenvalue weighted by atomic mass is 16.4. The zero-order valence-corrected chi connectivity index (χ0v) is 9.35. The molecule has 0 saturated heterocycles. The second-order valence-electron chi connectivity index (χ2n) is 4.02. The molecule has 0 bridgehead atoms. The Morgan fingerprint density at radius 3 is 2.69 bits per heavy atom. The van der Waals surface area contributed by atoms with Crippen LogP contribution in [0.15, 0.2) is 12.2 Å². The highest BCUT2D eigenvalue weighted by Crippen LogP contribution is 2.18. The summed E-state index contributed by atoms with van der Waals surface area (Å²) in [5, 5.41) is 11.6. The Kier molecular flexibility index (Phi) is 4.49. The van der Waals surface area contributed by atoms with Gasteiger partial charge in [0.15, 0.2) is 0 Å². The Labute approximate surface area is 94.7 Å². The van der Waals surface area contributed by atoms with Crippen molar-refractivity contribution in [1.29, 1.82) is 0 Å². The van der Waals surface area contributed by atoms with Gasteiger partial charge in [0.2, 0.25) is 5.91 Å². The van der Waals surface area contributed by atoms with E-state index in [0.29, 0.717) is 19.4 Å². The van der Waals surface area contributed by atoms with E-state index in [1.807, 2.05) is 6.92 Å². The summed E-state index contributed by atoms with van der Waals surface area (Å²) in [5.41, 5.74) is 5.46. The SMILES string of the molecule is CCC(CN)C(=O)NC1C=CC(C(=O)O)C1. The number of carbonyl (C=O) groups is 2. The number of rotatable bonds is 5. The molecule has 0 aromatic carbocycles. The molecule has 4 N–H and O–H groups in total. The number of hydrogen-bond donors (Lipinski definition) is 3. The maximum absolute atomic E-state index is 11.7. The lowest BCUT2D eigenvalue weighted by molar-refractivity contribution is -0.140. The van der Waals surface area contributed by atoms with Gasteiger partial charge in [-0.15, -0.1) is 0 Å². The molecule has 5 heteroatoms. The second kappa shape index (κ2) is 5.65. The van der Waals surface area contributed by atoms with Crippen molar-refractivity contribution in [2.75, 3.05) is 6.54 Å². The second-order valence-corrected chi connectivity index (χ2v) is 4.02. The average molecular weight is 226 g/mol. The predicted molar refractivity (Wildman–Crippen MR) is 59.6 cm³/mol. The van der Waals surface area contributed by atoms with Crippen molar-refractivity contribution in [2.45, 2.75) is 25.8 Å². The normalized spacial score (nSPS) is 25.4. The van der Waals surface area contributed by atoms with Crippen molar-refractivity contribution in [3.8, 4) is 0 Å². The first kappa shape index (κ1) is 12.7. The van der Waals surface area contributed by atoms with Gasteiger partial charge < -0.3 is 16.2 Å². The van der Waals surface area contributed by atoms with Crippen LogP contribution in [0.25, 0.3) is 0 Å². The van der Waals surface area contributed by atoms with Gasteiger partial charge in [0.25, 0.3) is 0 Å². The van der Waals surface area contributed by atoms with Gasteiger partial charge in [-0.3, -0.25) is 9.59 Å². The molecule has 1 aliphatic carbocycles. The van der Waals surface area contributed by atoms with Gasteiger partial charge in [0.1, 0.15) is 0 Å². The first-order chi connectivity index (χ1) is 7.58. The number of carboxylic acids is 1. The number of amides is 1. The number of nitrogens with two attached hydrogens (primary N) is 1. The van der Waals surface area contributed by atoms with E-state index >= 15 is 0 Å². The zero-order chi connectivity index (χ0) is 12.1. The fourth-order valence-corrected chi connectivity index (χ4v) is 1.75. The van der Waals surface area contributed by atoms with Crippen LogP contribution in [0.2, 0.25) is 0 Å². The quantitative estimate of drug-likeness (QED) is 0.580. The van der Waals surface area contributed by atoms with Crippen LogP contribution in [0.3, 0.4) is 0 Å². The van der Waals surface area contributed by atoms with Gasteiger partial charge in [-0.25, -0.2) is 0 Å². The fourth-order valence-electron chi connectivity index (χ4n) is 1.75. The van der Waals surface area contributed by atoms with Gasteiger partial charge in [0, 0.05) is 18.5 Å². The Balaban J connectivity index is 2.43. The maximum atomic E-state index is 11.7. The fraction of sp³-hybridized carbons (Fsp3) is 0.636. The molecule has 1 amide bonds.